The Labute approximate surface area is 94.6 Å². The van der Waals surface area contributed by atoms with Gasteiger partial charge < -0.3 is 15.5 Å². The van der Waals surface area contributed by atoms with Crippen LogP contribution in [-0.2, 0) is 5.54 Å². The van der Waals surface area contributed by atoms with Gasteiger partial charge in [0.05, 0.1) is 7.11 Å². The van der Waals surface area contributed by atoms with Crippen molar-refractivity contribution < 1.29 is 4.74 Å². The number of methoxy groups -OCH3 is 1. The van der Waals surface area contributed by atoms with Gasteiger partial charge in [-0.3, -0.25) is 0 Å². The number of nitrogens with one attached hydrogen (secondary N) is 1. The van der Waals surface area contributed by atoms with Crippen molar-refractivity contribution in [2.75, 3.05) is 7.11 Å². The van der Waals surface area contributed by atoms with E-state index in [2.05, 4.69) is 30.1 Å². The van der Waals surface area contributed by atoms with Crippen molar-refractivity contribution in [3.05, 3.63) is 29.5 Å². The average Bonchev–Trinajstić information content (AvgIpc) is 2.89. The van der Waals surface area contributed by atoms with Crippen molar-refractivity contribution >= 4 is 10.9 Å². The number of rotatable bonds is 2. The van der Waals surface area contributed by atoms with Crippen LogP contribution >= 0.6 is 0 Å². The van der Waals surface area contributed by atoms with E-state index < -0.39 is 0 Å². The van der Waals surface area contributed by atoms with E-state index in [1.165, 1.54) is 5.39 Å². The summed E-state index contributed by atoms with van der Waals surface area (Å²) in [6.07, 6.45) is 2.10. The Hall–Kier alpha value is -1.48. The first-order chi connectivity index (χ1) is 7.62. The highest BCUT2D eigenvalue weighted by Gasteiger charge is 2.42. The summed E-state index contributed by atoms with van der Waals surface area (Å²) in [5.41, 5.74) is 9.53. The zero-order valence-electron chi connectivity index (χ0n) is 9.63. The molecule has 1 heterocycles. The highest BCUT2D eigenvalue weighted by molar-refractivity contribution is 5.83. The second-order valence-electron chi connectivity index (χ2n) is 4.75. The van der Waals surface area contributed by atoms with Crippen molar-refractivity contribution in [2.24, 2.45) is 5.73 Å². The molecule has 3 N–H and O–H groups in total. The number of nitrogens with two attached hydrogens (primary N) is 1. The van der Waals surface area contributed by atoms with Gasteiger partial charge >= 0.3 is 0 Å². The van der Waals surface area contributed by atoms with Crippen LogP contribution in [0.25, 0.3) is 10.9 Å². The molecule has 0 atom stereocenters. The molecule has 1 saturated carbocycles. The molecule has 0 saturated heterocycles. The van der Waals surface area contributed by atoms with Gasteiger partial charge in [-0.1, -0.05) is 0 Å². The van der Waals surface area contributed by atoms with Gasteiger partial charge in [-0.25, -0.2) is 0 Å². The third-order valence-corrected chi connectivity index (χ3v) is 3.40. The van der Waals surface area contributed by atoms with Gasteiger partial charge in [0, 0.05) is 27.7 Å². The predicted molar refractivity (Wildman–Crippen MR) is 64.7 cm³/mol. The van der Waals surface area contributed by atoms with Crippen molar-refractivity contribution in [1.29, 1.82) is 0 Å². The van der Waals surface area contributed by atoms with E-state index in [1.807, 2.05) is 0 Å². The van der Waals surface area contributed by atoms with Crippen molar-refractivity contribution in [2.45, 2.75) is 25.3 Å². The summed E-state index contributed by atoms with van der Waals surface area (Å²) in [5.74, 6) is 0.909. The zero-order chi connectivity index (χ0) is 11.3. The van der Waals surface area contributed by atoms with Crippen LogP contribution in [0.1, 0.15) is 24.1 Å². The van der Waals surface area contributed by atoms with E-state index in [1.54, 1.807) is 7.11 Å². The second-order valence-corrected chi connectivity index (χ2v) is 4.75. The van der Waals surface area contributed by atoms with E-state index in [-0.39, 0.29) is 5.54 Å². The van der Waals surface area contributed by atoms with Crippen LogP contribution in [0.5, 0.6) is 5.75 Å². The zero-order valence-corrected chi connectivity index (χ0v) is 9.63. The highest BCUT2D eigenvalue weighted by atomic mass is 16.5. The maximum Gasteiger partial charge on any atom is 0.124 e. The molecule has 3 nitrogen and oxygen atoms in total. The lowest BCUT2D eigenvalue weighted by Crippen LogP contribution is -2.19. The van der Waals surface area contributed by atoms with Crippen LogP contribution in [0.3, 0.4) is 0 Å². The van der Waals surface area contributed by atoms with E-state index in [9.17, 15) is 0 Å². The quantitative estimate of drug-likeness (QED) is 0.810. The first-order valence-corrected chi connectivity index (χ1v) is 5.59. The number of H-pyrrole nitrogens is 1. The summed E-state index contributed by atoms with van der Waals surface area (Å²) in [4.78, 5) is 3.34. The molecule has 1 aliphatic carbocycles. The maximum absolute atomic E-state index is 6.25. The third-order valence-electron chi connectivity index (χ3n) is 3.40. The number of fused-ring (bicyclic) bond motifs is 1. The van der Waals surface area contributed by atoms with Gasteiger partial charge in [-0.05, 0) is 38.0 Å². The molecule has 1 aromatic heterocycles. The highest BCUT2D eigenvalue weighted by Crippen LogP contribution is 2.47. The van der Waals surface area contributed by atoms with Crippen LogP contribution in [0.15, 0.2) is 18.2 Å². The predicted octanol–water partition coefficient (Wildman–Crippen LogP) is 2.43. The Kier molecular flexibility index (Phi) is 1.83. The number of benzene rings is 1. The molecule has 0 radical (unpaired) electrons. The molecule has 2 aromatic rings. The van der Waals surface area contributed by atoms with Crippen molar-refractivity contribution in [3.63, 3.8) is 0 Å². The SMILES string of the molecule is COc1cc2cc(C)[nH]c2cc1C1(N)CC1. The summed E-state index contributed by atoms with van der Waals surface area (Å²) in [6.45, 7) is 2.06. The van der Waals surface area contributed by atoms with Crippen LogP contribution in [0.4, 0.5) is 0 Å². The smallest absolute Gasteiger partial charge is 0.124 e. The van der Waals surface area contributed by atoms with Crippen LogP contribution in [0, 0.1) is 6.92 Å². The van der Waals surface area contributed by atoms with Gasteiger partial charge in [0.25, 0.3) is 0 Å². The molecule has 1 aliphatic rings. The molecular formula is C13H16N2O. The Morgan fingerprint density at radius 3 is 2.69 bits per heavy atom. The number of hydrogen-bond acceptors (Lipinski definition) is 2. The maximum atomic E-state index is 6.25. The number of ether oxygens (including phenoxy) is 1. The van der Waals surface area contributed by atoms with Crippen molar-refractivity contribution in [1.82, 2.24) is 4.98 Å². The summed E-state index contributed by atoms with van der Waals surface area (Å²) >= 11 is 0. The number of aromatic amines is 1. The molecule has 0 unspecified atom stereocenters. The normalized spacial score (nSPS) is 17.7. The van der Waals surface area contributed by atoms with Gasteiger partial charge in [0.15, 0.2) is 0 Å². The summed E-state index contributed by atoms with van der Waals surface area (Å²) < 4.78 is 5.44. The second kappa shape index (κ2) is 3.01. The lowest BCUT2D eigenvalue weighted by atomic mass is 10.0. The monoisotopic (exact) mass is 216 g/mol. The first-order valence-electron chi connectivity index (χ1n) is 5.59. The summed E-state index contributed by atoms with van der Waals surface area (Å²) in [6, 6.07) is 6.33. The molecule has 0 spiro atoms. The molecule has 0 bridgehead atoms. The van der Waals surface area contributed by atoms with Gasteiger partial charge in [-0.2, -0.15) is 0 Å². The van der Waals surface area contributed by atoms with E-state index in [0.29, 0.717) is 0 Å². The van der Waals surface area contributed by atoms with Crippen LogP contribution in [-0.4, -0.2) is 12.1 Å². The molecule has 0 amide bonds. The third kappa shape index (κ3) is 1.32. The summed E-state index contributed by atoms with van der Waals surface area (Å²) in [7, 11) is 1.70. The molecular weight excluding hydrogens is 200 g/mol. The molecule has 84 valence electrons. The van der Waals surface area contributed by atoms with Crippen LogP contribution < -0.4 is 10.5 Å². The fourth-order valence-corrected chi connectivity index (χ4v) is 2.27. The Morgan fingerprint density at radius 1 is 1.31 bits per heavy atom. The fourth-order valence-electron chi connectivity index (χ4n) is 2.27. The van der Waals surface area contributed by atoms with E-state index in [0.717, 1.165) is 35.4 Å². The number of aromatic nitrogens is 1. The molecule has 0 aliphatic heterocycles. The molecule has 1 fully saturated rings. The average molecular weight is 216 g/mol. The Balaban J connectivity index is 2.25. The first kappa shape index (κ1) is 9.73. The van der Waals surface area contributed by atoms with Crippen LogP contribution in [0.2, 0.25) is 0 Å². The lowest BCUT2D eigenvalue weighted by molar-refractivity contribution is 0.405. The van der Waals surface area contributed by atoms with Crippen molar-refractivity contribution in [3.8, 4) is 5.75 Å². The Bertz CT molecular complexity index is 552. The molecule has 3 heteroatoms. The van der Waals surface area contributed by atoms with E-state index in [4.69, 9.17) is 10.5 Å². The molecule has 16 heavy (non-hydrogen) atoms. The lowest BCUT2D eigenvalue weighted by Gasteiger charge is -2.14. The minimum Gasteiger partial charge on any atom is -0.496 e. The fraction of sp³-hybridized carbons (Fsp3) is 0.385. The van der Waals surface area contributed by atoms with Gasteiger partial charge in [0.1, 0.15) is 5.75 Å². The number of hydrogen-bond donors (Lipinski definition) is 2. The topological polar surface area (TPSA) is 51.0 Å². The minimum atomic E-state index is -0.154. The largest absolute Gasteiger partial charge is 0.496 e. The molecule has 1 aromatic carbocycles. The summed E-state index contributed by atoms with van der Waals surface area (Å²) in [5, 5.41) is 1.18. The Morgan fingerprint density at radius 2 is 2.06 bits per heavy atom. The minimum absolute atomic E-state index is 0.154. The van der Waals surface area contributed by atoms with Gasteiger partial charge in [-0.15, -0.1) is 0 Å². The molecule has 3 rings (SSSR count). The standard InChI is InChI=1S/C13H16N2O/c1-8-5-9-6-12(16-2)10(7-11(9)15-8)13(14)3-4-13/h5-7,15H,3-4,14H2,1-2H3. The van der Waals surface area contributed by atoms with E-state index >= 15 is 0 Å². The number of aryl methyl sites for hydroxylation is 1. The van der Waals surface area contributed by atoms with Gasteiger partial charge in [0.2, 0.25) is 0 Å².